The highest BCUT2D eigenvalue weighted by atomic mass is 14.2. The van der Waals surface area contributed by atoms with Crippen molar-refractivity contribution in [2.24, 2.45) is 0 Å². The monoisotopic (exact) mass is 816 g/mol. The molecule has 1 aliphatic carbocycles. The fourth-order valence-electron chi connectivity index (χ4n) is 5.93. The van der Waals surface area contributed by atoms with Crippen molar-refractivity contribution in [1.29, 1.82) is 0 Å². The van der Waals surface area contributed by atoms with E-state index in [4.69, 9.17) is 0 Å². The molecule has 0 nitrogen and oxygen atoms in total. The summed E-state index contributed by atoms with van der Waals surface area (Å²) in [6, 6.07) is 24.5. The van der Waals surface area contributed by atoms with Crippen LogP contribution in [0.5, 0.6) is 0 Å². The lowest BCUT2D eigenvalue weighted by Gasteiger charge is -2.18. The van der Waals surface area contributed by atoms with Crippen molar-refractivity contribution < 1.29 is 0 Å². The zero-order chi connectivity index (χ0) is 46.4. The first-order chi connectivity index (χ1) is 30.3. The molecule has 0 saturated heterocycles. The van der Waals surface area contributed by atoms with E-state index in [0.29, 0.717) is 0 Å². The molecule has 0 heterocycles. The van der Waals surface area contributed by atoms with Gasteiger partial charge in [-0.25, -0.2) is 0 Å². The molecule has 0 unspecified atom stereocenters. The fraction of sp³-hybridized carbons (Fsp3) is 0.250. The third-order valence-corrected chi connectivity index (χ3v) is 9.87. The van der Waals surface area contributed by atoms with Crippen molar-refractivity contribution >= 4 is 45.8 Å². The maximum absolute atomic E-state index is 3.25. The Kier molecular flexibility index (Phi) is 14.9. The predicted octanol–water partition coefficient (Wildman–Crippen LogP) is 7.73. The summed E-state index contributed by atoms with van der Waals surface area (Å²) in [5, 5.41) is 6.07. The highest BCUT2D eigenvalue weighted by molar-refractivity contribution is 5.39. The van der Waals surface area contributed by atoms with Crippen LogP contribution in [0.1, 0.15) is 105 Å². The molecule has 1 aliphatic rings. The minimum absolute atomic E-state index is 0.0828. The second-order valence-electron chi connectivity index (χ2n) is 19.0. The van der Waals surface area contributed by atoms with E-state index in [-0.39, 0.29) is 21.7 Å². The van der Waals surface area contributed by atoms with Crippen LogP contribution in [-0.2, 0) is 21.7 Å². The van der Waals surface area contributed by atoms with Gasteiger partial charge in [-0.1, -0.05) is 153 Å². The number of fused-ring (bicyclic) bond motifs is 4. The second kappa shape index (κ2) is 20.4. The van der Waals surface area contributed by atoms with Crippen LogP contribution < -0.4 is 41.7 Å². The molecule has 304 valence electrons. The van der Waals surface area contributed by atoms with E-state index in [2.05, 4.69) is 269 Å². The van der Waals surface area contributed by atoms with E-state index >= 15 is 0 Å². The molecule has 4 aromatic rings. The Morgan fingerprint density at radius 3 is 0.547 bits per heavy atom. The Morgan fingerprint density at radius 1 is 0.203 bits per heavy atom. The van der Waals surface area contributed by atoms with Crippen molar-refractivity contribution in [3.8, 4) is 0 Å². The van der Waals surface area contributed by atoms with Crippen LogP contribution >= 0.6 is 0 Å². The minimum Gasteiger partial charge on any atom is -0.0572 e. The van der Waals surface area contributed by atoms with Crippen LogP contribution in [0.2, 0.25) is 0 Å². The van der Waals surface area contributed by atoms with E-state index in [1.165, 1.54) is 0 Å². The molecule has 4 aromatic carbocycles. The van der Waals surface area contributed by atoms with Gasteiger partial charge in [-0.05, 0) is 184 Å². The molecular formula is C64H48. The quantitative estimate of drug-likeness (QED) is 0.141. The topological polar surface area (TPSA) is 0 Å². The normalized spacial score (nSPS) is 11.4. The Labute approximate surface area is 377 Å². The van der Waals surface area contributed by atoms with Crippen LogP contribution in [0, 0.1) is 0 Å². The summed E-state index contributed by atoms with van der Waals surface area (Å²) in [6.07, 6.45) is 0. The van der Waals surface area contributed by atoms with Gasteiger partial charge in [-0.15, -0.1) is 0 Å². The van der Waals surface area contributed by atoms with Crippen molar-refractivity contribution in [2.45, 2.75) is 105 Å². The van der Waals surface area contributed by atoms with E-state index in [1.807, 2.05) is 24.3 Å². The Hall–Kier alpha value is -8.40. The zero-order valence-corrected chi connectivity index (χ0v) is 38.9. The molecular weight excluding hydrogens is 769 g/mol. The van der Waals surface area contributed by atoms with Gasteiger partial charge >= 0.3 is 0 Å². The van der Waals surface area contributed by atoms with Gasteiger partial charge < -0.3 is 0 Å². The minimum atomic E-state index is -0.0828. The fourth-order valence-corrected chi connectivity index (χ4v) is 5.93. The Morgan fingerprint density at radius 2 is 0.359 bits per heavy atom. The van der Waals surface area contributed by atoms with Gasteiger partial charge in [0, 0.05) is 41.7 Å². The van der Waals surface area contributed by atoms with Gasteiger partial charge in [0.05, 0.1) is 0 Å². The molecule has 0 fully saturated rings. The second-order valence-corrected chi connectivity index (χ2v) is 19.0. The smallest absolute Gasteiger partial charge is 0.0415 e. The van der Waals surface area contributed by atoms with Crippen molar-refractivity contribution in [3.05, 3.63) is 228 Å². The standard InChI is InChI=1S/C64H48/c1-61(2,3)57-41-37-49-29-21-17-13-14-18-22-31-51-39-43-59(63(7,8)9)47-55(51)35-27-28-36-56-48-60(64(10,11)12)44-40-52(56)32-24-20-16-15-19-23-30-50-38-42-58(62(4,5)6)46-54(50)34-26-25-33-53(49)45-57/h37-48H,1-12H3. The first kappa shape index (κ1) is 46.7. The SMILES string of the molecule is CC(C)(C)c1ccc2c(c1)=C=C=C=C=c1cc(C(C)(C)C)ccc1=C=C=C=C=C=C=C=C=c1ccc(C(C)(C)C)cc1=C=C=C=C=c1cc(C(C)(C)C)ccc1=C=C=C=C=C=C=C=C=2. The highest BCUT2D eigenvalue weighted by Crippen LogP contribution is 2.21. The summed E-state index contributed by atoms with van der Waals surface area (Å²) in [5.74, 6) is 0. The average molecular weight is 817 g/mol. The summed E-state index contributed by atoms with van der Waals surface area (Å²) in [6.45, 7) is 26.0. The van der Waals surface area contributed by atoms with Crippen LogP contribution in [0.4, 0.5) is 0 Å². The van der Waals surface area contributed by atoms with Crippen molar-refractivity contribution in [3.63, 3.8) is 0 Å². The number of rotatable bonds is 0. The van der Waals surface area contributed by atoms with E-state index < -0.39 is 0 Å². The number of benzene rings is 4. The largest absolute Gasteiger partial charge is 0.0572 e. The lowest BCUT2D eigenvalue weighted by Crippen LogP contribution is -2.25. The molecule has 0 saturated carbocycles. The van der Waals surface area contributed by atoms with E-state index in [1.54, 1.807) is 0 Å². The van der Waals surface area contributed by atoms with Gasteiger partial charge in [0.2, 0.25) is 0 Å². The van der Waals surface area contributed by atoms with Gasteiger partial charge in [0.1, 0.15) is 0 Å². The zero-order valence-electron chi connectivity index (χ0n) is 38.9. The number of hydrogen-bond acceptors (Lipinski definition) is 0. The summed E-state index contributed by atoms with van der Waals surface area (Å²) in [5.41, 5.74) is 76.5. The molecule has 0 amide bonds. The molecule has 0 bridgehead atoms. The average Bonchev–Trinajstić information content (AvgIpc) is 3.22. The third-order valence-electron chi connectivity index (χ3n) is 9.87. The van der Waals surface area contributed by atoms with Crippen LogP contribution in [0.3, 0.4) is 0 Å². The van der Waals surface area contributed by atoms with Crippen LogP contribution in [0.25, 0.3) is 45.8 Å². The first-order valence-electron chi connectivity index (χ1n) is 21.0. The molecule has 0 heteroatoms. The summed E-state index contributed by atoms with van der Waals surface area (Å²) < 4.78 is 0. The molecule has 64 heavy (non-hydrogen) atoms. The molecule has 0 aromatic heterocycles. The number of hydrogen-bond donors (Lipinski definition) is 0. The maximum Gasteiger partial charge on any atom is 0.0415 e. The molecule has 0 N–H and O–H groups in total. The third kappa shape index (κ3) is 13.8. The van der Waals surface area contributed by atoms with Gasteiger partial charge in [-0.2, -0.15) is 0 Å². The Balaban J connectivity index is 2.09. The van der Waals surface area contributed by atoms with Crippen molar-refractivity contribution in [1.82, 2.24) is 0 Å². The summed E-state index contributed by atoms with van der Waals surface area (Å²) in [7, 11) is 0. The lowest BCUT2D eigenvalue weighted by atomic mass is 9.86. The van der Waals surface area contributed by atoms with Gasteiger partial charge in [0.15, 0.2) is 0 Å². The van der Waals surface area contributed by atoms with Crippen LogP contribution in [0.15, 0.2) is 164 Å². The first-order valence-corrected chi connectivity index (χ1v) is 21.0. The highest BCUT2D eigenvalue weighted by Gasteiger charge is 2.15. The lowest BCUT2D eigenvalue weighted by molar-refractivity contribution is 0.589. The molecule has 0 spiro atoms. The van der Waals surface area contributed by atoms with E-state index in [0.717, 1.165) is 64.0 Å². The molecule has 0 aliphatic heterocycles. The van der Waals surface area contributed by atoms with Crippen LogP contribution in [-0.4, -0.2) is 0 Å². The molecule has 0 radical (unpaired) electrons. The molecule has 0 atom stereocenters. The maximum atomic E-state index is 3.25. The summed E-state index contributed by atoms with van der Waals surface area (Å²) in [4.78, 5) is 0. The molecule has 5 rings (SSSR count). The van der Waals surface area contributed by atoms with Gasteiger partial charge in [0.25, 0.3) is 0 Å². The van der Waals surface area contributed by atoms with Crippen molar-refractivity contribution in [2.75, 3.05) is 0 Å². The van der Waals surface area contributed by atoms with Gasteiger partial charge in [-0.3, -0.25) is 0 Å². The van der Waals surface area contributed by atoms with E-state index in [9.17, 15) is 0 Å². The Bertz CT molecular complexity index is 3480. The summed E-state index contributed by atoms with van der Waals surface area (Å²) >= 11 is 0. The predicted molar refractivity (Wildman–Crippen MR) is 261 cm³/mol.